The van der Waals surface area contributed by atoms with Crippen molar-refractivity contribution in [3.63, 3.8) is 0 Å². The van der Waals surface area contributed by atoms with E-state index in [2.05, 4.69) is 10.3 Å². The van der Waals surface area contributed by atoms with Crippen LogP contribution in [0.25, 0.3) is 0 Å². The minimum absolute atomic E-state index is 0.108. The topological polar surface area (TPSA) is 94.1 Å². The predicted octanol–water partition coefficient (Wildman–Crippen LogP) is 2.97. The Balaban J connectivity index is 1.35. The number of aliphatic imine (C=N–C) groups is 1. The molecule has 0 saturated heterocycles. The summed E-state index contributed by atoms with van der Waals surface area (Å²) in [5, 5.41) is 2.77. The second-order valence-corrected chi connectivity index (χ2v) is 11.2. The van der Waals surface area contributed by atoms with E-state index in [1.165, 1.54) is 0 Å². The van der Waals surface area contributed by atoms with Gasteiger partial charge in [-0.2, -0.15) is 0 Å². The number of amides is 1. The van der Waals surface area contributed by atoms with Gasteiger partial charge in [0.05, 0.1) is 11.4 Å². The zero-order valence-corrected chi connectivity index (χ0v) is 17.4. The summed E-state index contributed by atoms with van der Waals surface area (Å²) in [6.07, 6.45) is 1.61. The maximum Gasteiger partial charge on any atom is 0.408 e. The molecule has 152 valence electrons. The number of benzene rings is 1. The Labute approximate surface area is 165 Å². The van der Waals surface area contributed by atoms with E-state index < -0.39 is 21.5 Å². The normalized spacial score (nSPS) is 31.1. The number of hydrogen-bond donors (Lipinski definition) is 1. The van der Waals surface area contributed by atoms with E-state index in [4.69, 9.17) is 9.47 Å². The smallest absolute Gasteiger partial charge is 0.408 e. The van der Waals surface area contributed by atoms with E-state index in [1.807, 2.05) is 27.7 Å². The maximum atomic E-state index is 12.7. The summed E-state index contributed by atoms with van der Waals surface area (Å²) in [5.74, 6) is 0. The molecule has 28 heavy (non-hydrogen) atoms. The van der Waals surface area contributed by atoms with Gasteiger partial charge in [0.2, 0.25) is 0 Å². The molecule has 5 rings (SSSR count). The first-order valence-corrected chi connectivity index (χ1v) is 11.0. The first-order chi connectivity index (χ1) is 12.9. The Bertz CT molecular complexity index is 924. The molecular weight excluding hydrogens is 380 g/mol. The number of carbonyl (C=O) groups is 1. The highest BCUT2D eigenvalue weighted by atomic mass is 32.2. The maximum absolute atomic E-state index is 12.7. The average molecular weight is 407 g/mol. The van der Waals surface area contributed by atoms with E-state index in [1.54, 1.807) is 24.3 Å². The summed E-state index contributed by atoms with van der Waals surface area (Å²) in [7, 11) is -3.73. The number of aryl methyl sites for hydroxylation is 1. The van der Waals surface area contributed by atoms with Crippen LogP contribution in [0.3, 0.4) is 0 Å². The molecule has 2 bridgehead atoms. The zero-order valence-electron chi connectivity index (χ0n) is 16.6. The SMILES string of the molecule is Cc1ccc(S(=O)(=O)C2=NCC(C34CC(NC(=O)OC(C)(C)C)(C3)C4)O2)cc1. The van der Waals surface area contributed by atoms with Gasteiger partial charge < -0.3 is 14.8 Å². The Morgan fingerprint density at radius 1 is 1.21 bits per heavy atom. The number of carbonyl (C=O) groups excluding carboxylic acids is 1. The van der Waals surface area contributed by atoms with Crippen molar-refractivity contribution in [3.8, 4) is 0 Å². The van der Waals surface area contributed by atoms with Crippen molar-refractivity contribution in [3.05, 3.63) is 29.8 Å². The molecule has 8 heteroatoms. The van der Waals surface area contributed by atoms with Crippen LogP contribution in [-0.4, -0.2) is 43.5 Å². The highest BCUT2D eigenvalue weighted by Crippen LogP contribution is 2.69. The summed E-state index contributed by atoms with van der Waals surface area (Å²) in [5.41, 5.74) is 0.100. The van der Waals surface area contributed by atoms with Crippen molar-refractivity contribution in [2.24, 2.45) is 10.4 Å². The first kappa shape index (κ1) is 19.2. The van der Waals surface area contributed by atoms with Gasteiger partial charge in [-0.25, -0.2) is 18.2 Å². The van der Waals surface area contributed by atoms with Crippen LogP contribution in [0.5, 0.6) is 0 Å². The largest absolute Gasteiger partial charge is 0.463 e. The molecule has 0 spiro atoms. The van der Waals surface area contributed by atoms with Gasteiger partial charge in [0.15, 0.2) is 0 Å². The second-order valence-electron chi connectivity index (χ2n) is 9.33. The van der Waals surface area contributed by atoms with Crippen LogP contribution < -0.4 is 5.32 Å². The standard InChI is InChI=1S/C20H26N2O5S/c1-13-5-7-14(8-6-13)28(24,25)17-21-9-15(26-17)19-10-20(11-19,12-19)22-16(23)27-18(2,3)4/h5-8,15H,9-12H2,1-4H3,(H,22,23). The molecule has 0 radical (unpaired) electrons. The third kappa shape index (κ3) is 3.17. The Morgan fingerprint density at radius 3 is 2.39 bits per heavy atom. The molecule has 0 aromatic heterocycles. The third-order valence-corrected chi connectivity index (χ3v) is 7.29. The average Bonchev–Trinajstić information content (AvgIpc) is 2.98. The predicted molar refractivity (Wildman–Crippen MR) is 104 cm³/mol. The lowest BCUT2D eigenvalue weighted by atomic mass is 9.37. The van der Waals surface area contributed by atoms with Gasteiger partial charge in [0.25, 0.3) is 9.84 Å². The summed E-state index contributed by atoms with van der Waals surface area (Å²) >= 11 is 0. The number of hydrogen-bond acceptors (Lipinski definition) is 6. The van der Waals surface area contributed by atoms with E-state index in [0.717, 1.165) is 24.8 Å². The first-order valence-electron chi connectivity index (χ1n) is 9.47. The van der Waals surface area contributed by atoms with Crippen LogP contribution in [0.1, 0.15) is 45.6 Å². The fourth-order valence-electron chi connectivity index (χ4n) is 4.50. The summed E-state index contributed by atoms with van der Waals surface area (Å²) < 4.78 is 36.6. The van der Waals surface area contributed by atoms with Crippen LogP contribution >= 0.6 is 0 Å². The summed E-state index contributed by atoms with van der Waals surface area (Å²) in [4.78, 5) is 16.4. The van der Waals surface area contributed by atoms with Crippen molar-refractivity contribution in [1.29, 1.82) is 0 Å². The van der Waals surface area contributed by atoms with Crippen molar-refractivity contribution in [2.75, 3.05) is 6.54 Å². The van der Waals surface area contributed by atoms with Gasteiger partial charge in [-0.1, -0.05) is 17.7 Å². The molecule has 7 nitrogen and oxygen atoms in total. The molecule has 1 aromatic carbocycles. The van der Waals surface area contributed by atoms with Gasteiger partial charge >= 0.3 is 11.3 Å². The fourth-order valence-corrected chi connectivity index (χ4v) is 5.68. The summed E-state index contributed by atoms with van der Waals surface area (Å²) in [6, 6.07) is 6.66. The molecule has 1 atom stereocenters. The quantitative estimate of drug-likeness (QED) is 0.833. The van der Waals surface area contributed by atoms with Crippen molar-refractivity contribution < 1.29 is 22.7 Å². The Hall–Kier alpha value is -2.09. The van der Waals surface area contributed by atoms with E-state index in [0.29, 0.717) is 6.54 Å². The number of nitrogens with zero attached hydrogens (tertiary/aromatic N) is 1. The molecule has 3 saturated carbocycles. The van der Waals surface area contributed by atoms with Crippen LogP contribution in [0.4, 0.5) is 4.79 Å². The van der Waals surface area contributed by atoms with Gasteiger partial charge in [0, 0.05) is 11.0 Å². The van der Waals surface area contributed by atoms with Gasteiger partial charge in [-0.3, -0.25) is 0 Å². The third-order valence-electron chi connectivity index (χ3n) is 5.71. The van der Waals surface area contributed by atoms with Crippen molar-refractivity contribution in [1.82, 2.24) is 5.32 Å². The van der Waals surface area contributed by atoms with E-state index in [-0.39, 0.29) is 27.2 Å². The molecule has 3 fully saturated rings. The van der Waals surface area contributed by atoms with Gasteiger partial charge in [-0.15, -0.1) is 0 Å². The molecule has 4 aliphatic rings. The Kier molecular flexibility index (Phi) is 4.09. The highest BCUT2D eigenvalue weighted by Gasteiger charge is 2.73. The van der Waals surface area contributed by atoms with Crippen LogP contribution in [0.2, 0.25) is 0 Å². The zero-order chi connectivity index (χ0) is 20.4. The number of ether oxygens (including phenoxy) is 2. The molecule has 1 N–H and O–H groups in total. The Morgan fingerprint density at radius 2 is 1.82 bits per heavy atom. The molecule has 1 aliphatic heterocycles. The van der Waals surface area contributed by atoms with Crippen molar-refractivity contribution in [2.45, 2.75) is 69.1 Å². The van der Waals surface area contributed by atoms with Gasteiger partial charge in [0.1, 0.15) is 11.7 Å². The van der Waals surface area contributed by atoms with Crippen molar-refractivity contribution >= 4 is 21.2 Å². The molecular formula is C20H26N2O5S. The molecule has 1 unspecified atom stereocenters. The lowest BCUT2D eigenvalue weighted by Crippen LogP contribution is -2.78. The molecule has 1 aromatic rings. The van der Waals surface area contributed by atoms with Crippen LogP contribution in [-0.2, 0) is 19.3 Å². The number of rotatable bonds is 3. The van der Waals surface area contributed by atoms with E-state index in [9.17, 15) is 13.2 Å². The van der Waals surface area contributed by atoms with Gasteiger partial charge in [-0.05, 0) is 59.1 Å². The minimum Gasteiger partial charge on any atom is -0.463 e. The second kappa shape index (κ2) is 5.95. The monoisotopic (exact) mass is 406 g/mol. The summed E-state index contributed by atoms with van der Waals surface area (Å²) in [6.45, 7) is 7.73. The number of sulfone groups is 1. The fraction of sp³-hybridized carbons (Fsp3) is 0.600. The lowest BCUT2D eigenvalue weighted by Gasteiger charge is -2.71. The molecule has 1 heterocycles. The van der Waals surface area contributed by atoms with Crippen LogP contribution in [0, 0.1) is 12.3 Å². The lowest BCUT2D eigenvalue weighted by molar-refractivity contribution is -0.200. The molecule has 1 amide bonds. The minimum atomic E-state index is -3.73. The van der Waals surface area contributed by atoms with Crippen LogP contribution in [0.15, 0.2) is 34.2 Å². The number of nitrogens with one attached hydrogen (secondary N) is 1. The molecule has 3 aliphatic carbocycles. The number of alkyl carbamates (subject to hydrolysis) is 1. The highest BCUT2D eigenvalue weighted by molar-refractivity contribution is 8.06. The van der Waals surface area contributed by atoms with E-state index >= 15 is 0 Å².